The third kappa shape index (κ3) is 3.04. The van der Waals surface area contributed by atoms with Crippen molar-refractivity contribution >= 4 is 0 Å². The van der Waals surface area contributed by atoms with Gasteiger partial charge in [-0.25, -0.2) is 0 Å². The topological polar surface area (TPSA) is 0 Å². The fourth-order valence-electron chi connectivity index (χ4n) is 1.41. The van der Waals surface area contributed by atoms with Crippen LogP contribution < -0.4 is 0 Å². The van der Waals surface area contributed by atoms with Crippen LogP contribution in [0.4, 0.5) is 0 Å². The minimum absolute atomic E-state index is 0. The van der Waals surface area contributed by atoms with E-state index in [2.05, 4.69) is 34.6 Å². The summed E-state index contributed by atoms with van der Waals surface area (Å²) in [7, 11) is 0. The van der Waals surface area contributed by atoms with Crippen molar-refractivity contribution in [1.29, 1.82) is 0 Å². The van der Waals surface area contributed by atoms with Gasteiger partial charge in [0.25, 0.3) is 0 Å². The molecule has 0 amide bonds. The Balaban J connectivity index is -0.000000333. The third-order valence-corrected chi connectivity index (χ3v) is 2.81. The van der Waals surface area contributed by atoms with Crippen LogP contribution in [0.2, 0.25) is 0 Å². The van der Waals surface area contributed by atoms with Crippen LogP contribution in [0.25, 0.3) is 0 Å². The van der Waals surface area contributed by atoms with Crippen LogP contribution in [0.1, 0.15) is 27.8 Å². The van der Waals surface area contributed by atoms with Gasteiger partial charge in [-0.3, -0.25) is 0 Å². The molecule has 0 N–H and O–H groups in total. The molecule has 0 aliphatic carbocycles. The molecule has 0 nitrogen and oxygen atoms in total. The van der Waals surface area contributed by atoms with Crippen molar-refractivity contribution in [3.8, 4) is 0 Å². The Labute approximate surface area is 99.0 Å². The Morgan fingerprint density at radius 2 is 1.00 bits per heavy atom. The molecular weight excluding hydrogens is 192 g/mol. The van der Waals surface area contributed by atoms with Crippen LogP contribution in [-0.2, 0) is 21.7 Å². The predicted molar refractivity (Wildman–Crippen MR) is 58.5 cm³/mol. The summed E-state index contributed by atoms with van der Waals surface area (Å²) >= 11 is 0. The third-order valence-electron chi connectivity index (χ3n) is 2.81. The summed E-state index contributed by atoms with van der Waals surface area (Å²) in [5.74, 6) is 0. The summed E-state index contributed by atoms with van der Waals surface area (Å²) in [4.78, 5) is 0. The number of hydrogen-bond acceptors (Lipinski definition) is 0. The quantitative estimate of drug-likeness (QED) is 0.453. The fourth-order valence-corrected chi connectivity index (χ4v) is 1.41. The summed E-state index contributed by atoms with van der Waals surface area (Å²) in [6.45, 7) is 11.0. The first kappa shape index (κ1) is 18.8. The molecule has 1 rings (SSSR count). The maximum absolute atomic E-state index is 2.20. The molecule has 1 heteroatoms. The minimum atomic E-state index is 0. The van der Waals surface area contributed by atoms with Crippen molar-refractivity contribution in [3.05, 3.63) is 42.7 Å². The Hall–Kier alpha value is 0.0643. The summed E-state index contributed by atoms with van der Waals surface area (Å²) in [6.07, 6.45) is 0. The molecule has 0 saturated heterocycles. The maximum Gasteiger partial charge on any atom is 4.00 e. The first-order chi connectivity index (χ1) is 4.55. The van der Waals surface area contributed by atoms with Gasteiger partial charge in [0.1, 0.15) is 0 Å². The molecule has 0 fully saturated rings. The molecule has 0 bridgehead atoms. The molecule has 1 aromatic carbocycles. The van der Waals surface area contributed by atoms with E-state index in [1.54, 1.807) is 0 Å². The summed E-state index contributed by atoms with van der Waals surface area (Å²) in [5, 5.41) is 0. The van der Waals surface area contributed by atoms with E-state index in [0.29, 0.717) is 0 Å². The molecule has 0 aromatic heterocycles. The van der Waals surface area contributed by atoms with Crippen molar-refractivity contribution in [2.24, 2.45) is 0 Å². The van der Waals surface area contributed by atoms with Gasteiger partial charge < -0.3 is 14.9 Å². The van der Waals surface area contributed by atoms with Crippen LogP contribution in [-0.4, -0.2) is 0 Å². The predicted octanol–water partition coefficient (Wildman–Crippen LogP) is 3.85. The maximum atomic E-state index is 2.20. The van der Waals surface area contributed by atoms with Crippen LogP contribution in [0.5, 0.6) is 0 Å². The van der Waals surface area contributed by atoms with Crippen LogP contribution in [0, 0.1) is 49.5 Å². The molecule has 0 aliphatic rings. The normalized spacial score (nSPS) is 8.08. The molecule has 1 aromatic rings. The van der Waals surface area contributed by atoms with Gasteiger partial charge in [-0.1, -0.05) is 34.6 Å². The summed E-state index contributed by atoms with van der Waals surface area (Å²) in [6, 6.07) is 0. The van der Waals surface area contributed by atoms with E-state index in [4.69, 9.17) is 0 Å². The first-order valence-electron chi connectivity index (χ1n) is 3.75. The average Bonchev–Trinajstić information content (AvgIpc) is 2.07. The smallest absolute Gasteiger partial charge is 0.358 e. The molecular formula is C12H21Ti+. The van der Waals surface area contributed by atoms with Gasteiger partial charge in [0.15, 0.2) is 0 Å². The largest absolute Gasteiger partial charge is 4.00 e. The van der Waals surface area contributed by atoms with E-state index in [-0.39, 0.29) is 36.6 Å². The van der Waals surface area contributed by atoms with Crippen LogP contribution in [0.3, 0.4) is 0 Å². The second-order valence-corrected chi connectivity index (χ2v) is 3.12. The van der Waals surface area contributed by atoms with Gasteiger partial charge in [-0.2, -0.15) is 27.8 Å². The van der Waals surface area contributed by atoms with E-state index < -0.39 is 0 Å². The second-order valence-electron chi connectivity index (χ2n) is 3.12. The molecule has 72 valence electrons. The SMILES string of the molecule is Cc1c(C)c(C)[c-](C)c1C.[CH3-].[CH3-].[Ti+4]. The molecule has 0 spiro atoms. The molecule has 0 unspecified atom stereocenters. The monoisotopic (exact) mass is 213 g/mol. The van der Waals surface area contributed by atoms with Crippen molar-refractivity contribution in [2.75, 3.05) is 0 Å². The standard InChI is InChI=1S/C10H15.2CH3.Ti/c1-6-7(2)9(4)10(5)8(6)3;;;/h1-5H3;2*1H3;/q3*-1;+4. The van der Waals surface area contributed by atoms with Gasteiger partial charge >= 0.3 is 21.7 Å². The zero-order valence-electron chi connectivity index (χ0n) is 10.0. The van der Waals surface area contributed by atoms with E-state index in [1.807, 2.05) is 0 Å². The average molecular weight is 213 g/mol. The zero-order chi connectivity index (χ0) is 7.89. The molecule has 0 heterocycles. The molecule has 0 aliphatic heterocycles. The van der Waals surface area contributed by atoms with Gasteiger partial charge in [0, 0.05) is 0 Å². The summed E-state index contributed by atoms with van der Waals surface area (Å²) < 4.78 is 0. The Bertz CT molecular complexity index is 176. The zero-order valence-corrected chi connectivity index (χ0v) is 11.6. The minimum Gasteiger partial charge on any atom is -0.358 e. The van der Waals surface area contributed by atoms with Crippen LogP contribution in [0.15, 0.2) is 0 Å². The van der Waals surface area contributed by atoms with E-state index >= 15 is 0 Å². The molecule has 0 radical (unpaired) electrons. The summed E-state index contributed by atoms with van der Waals surface area (Å²) in [5.41, 5.74) is 7.34. The Kier molecular flexibility index (Phi) is 9.40. The van der Waals surface area contributed by atoms with Gasteiger partial charge in [-0.15, -0.1) is 0 Å². The first-order valence-corrected chi connectivity index (χ1v) is 3.75. The van der Waals surface area contributed by atoms with Crippen molar-refractivity contribution in [3.63, 3.8) is 0 Å². The second kappa shape index (κ2) is 6.51. The van der Waals surface area contributed by atoms with E-state index in [0.717, 1.165) is 0 Å². The Morgan fingerprint density at radius 3 is 1.08 bits per heavy atom. The number of rotatable bonds is 0. The molecule has 13 heavy (non-hydrogen) atoms. The van der Waals surface area contributed by atoms with Gasteiger partial charge in [0.05, 0.1) is 0 Å². The fraction of sp³-hybridized carbons (Fsp3) is 0.417. The van der Waals surface area contributed by atoms with Crippen LogP contribution >= 0.6 is 0 Å². The van der Waals surface area contributed by atoms with Gasteiger partial charge in [-0.05, 0) is 0 Å². The van der Waals surface area contributed by atoms with E-state index in [9.17, 15) is 0 Å². The van der Waals surface area contributed by atoms with Crippen molar-refractivity contribution in [1.82, 2.24) is 0 Å². The Morgan fingerprint density at radius 1 is 0.769 bits per heavy atom. The molecule has 0 atom stereocenters. The van der Waals surface area contributed by atoms with Gasteiger partial charge in [0.2, 0.25) is 0 Å². The van der Waals surface area contributed by atoms with Crippen molar-refractivity contribution in [2.45, 2.75) is 34.6 Å². The number of hydrogen-bond donors (Lipinski definition) is 0. The van der Waals surface area contributed by atoms with E-state index in [1.165, 1.54) is 27.8 Å². The van der Waals surface area contributed by atoms with Crippen molar-refractivity contribution < 1.29 is 21.7 Å². The molecule has 0 saturated carbocycles.